The average Bonchev–Trinajstić information content (AvgIpc) is 2.56. The van der Waals surface area contributed by atoms with Crippen LogP contribution in [0.25, 0.3) is 11.0 Å². The van der Waals surface area contributed by atoms with Crippen LogP contribution >= 0.6 is 0 Å². The number of hydrogen-bond donors (Lipinski definition) is 1. The molecule has 4 heteroatoms. The monoisotopic (exact) mass is 361 g/mol. The Morgan fingerprint density at radius 2 is 1.88 bits per heavy atom. The number of anilines is 1. The van der Waals surface area contributed by atoms with Crippen molar-refractivity contribution in [1.29, 1.82) is 0 Å². The van der Waals surface area contributed by atoms with Crippen molar-refractivity contribution in [2.24, 2.45) is 0 Å². The zero-order valence-electron chi connectivity index (χ0n) is 15.6. The summed E-state index contributed by atoms with van der Waals surface area (Å²) in [6, 6.07) is 13.4. The summed E-state index contributed by atoms with van der Waals surface area (Å²) in [6.45, 7) is 8.62. The van der Waals surface area contributed by atoms with Crippen molar-refractivity contribution in [1.82, 2.24) is 0 Å². The highest BCUT2D eigenvalue weighted by Crippen LogP contribution is 2.23. The molecule has 0 amide bonds. The summed E-state index contributed by atoms with van der Waals surface area (Å²) < 4.78 is 5.55. The summed E-state index contributed by atoms with van der Waals surface area (Å²) in [6.07, 6.45) is 0.500. The van der Waals surface area contributed by atoms with Crippen molar-refractivity contribution < 1.29 is 4.42 Å². The third kappa shape index (κ3) is 4.06. The van der Waals surface area contributed by atoms with Gasteiger partial charge in [0.05, 0.1) is 0 Å². The Morgan fingerprint density at radius 1 is 1.12 bits per heavy atom. The number of aryl methyl sites for hydroxylation is 1. The molecule has 1 aromatic heterocycles. The highest BCUT2D eigenvalue weighted by Gasteiger charge is 2.13. The number of nitrogens with two attached hydrogens (primary N) is 1. The molecule has 0 saturated heterocycles. The molecule has 0 spiro atoms. The van der Waals surface area contributed by atoms with Crippen molar-refractivity contribution in [3.05, 3.63) is 75.1 Å². The summed E-state index contributed by atoms with van der Waals surface area (Å²) in [7, 11) is -1.44. The smallest absolute Gasteiger partial charge is 0.340 e. The molecule has 0 aliphatic heterocycles. The van der Waals surface area contributed by atoms with Crippen LogP contribution in [0.2, 0.25) is 19.6 Å². The average molecular weight is 362 g/mol. The van der Waals surface area contributed by atoms with Gasteiger partial charge in [-0.15, -0.1) is 5.54 Å². The summed E-state index contributed by atoms with van der Waals surface area (Å²) >= 11 is 0. The molecule has 2 N–H and O–H groups in total. The van der Waals surface area contributed by atoms with E-state index < -0.39 is 8.07 Å². The Hall–Kier alpha value is -2.77. The summed E-state index contributed by atoms with van der Waals surface area (Å²) in [5.74, 6) is 3.27. The fourth-order valence-corrected chi connectivity index (χ4v) is 3.36. The first-order valence-corrected chi connectivity index (χ1v) is 12.2. The van der Waals surface area contributed by atoms with E-state index in [-0.39, 0.29) is 5.63 Å². The number of hydrogen-bond acceptors (Lipinski definition) is 3. The van der Waals surface area contributed by atoms with E-state index in [2.05, 4.69) is 31.1 Å². The maximum absolute atomic E-state index is 12.5. The molecule has 1 heterocycles. The van der Waals surface area contributed by atoms with Gasteiger partial charge in [0.15, 0.2) is 0 Å². The second-order valence-electron chi connectivity index (χ2n) is 7.63. The van der Waals surface area contributed by atoms with Crippen LogP contribution in [0.1, 0.15) is 22.3 Å². The summed E-state index contributed by atoms with van der Waals surface area (Å²) in [4.78, 5) is 12.5. The molecule has 2 aromatic carbocycles. The molecule has 0 aliphatic rings. The normalized spacial score (nSPS) is 11.2. The minimum absolute atomic E-state index is 0.293. The van der Waals surface area contributed by atoms with E-state index in [9.17, 15) is 4.79 Å². The third-order valence-corrected chi connectivity index (χ3v) is 5.07. The Balaban J connectivity index is 2.09. The maximum atomic E-state index is 12.5. The third-order valence-electron chi connectivity index (χ3n) is 4.20. The van der Waals surface area contributed by atoms with Gasteiger partial charge in [-0.2, -0.15) is 0 Å². The molecule has 26 heavy (non-hydrogen) atoms. The number of benzene rings is 2. The van der Waals surface area contributed by atoms with E-state index in [1.165, 1.54) is 0 Å². The van der Waals surface area contributed by atoms with E-state index in [4.69, 9.17) is 10.2 Å². The molecule has 0 fully saturated rings. The van der Waals surface area contributed by atoms with E-state index in [0.29, 0.717) is 23.3 Å². The quantitative estimate of drug-likeness (QED) is 0.316. The zero-order valence-corrected chi connectivity index (χ0v) is 16.6. The van der Waals surface area contributed by atoms with Gasteiger partial charge in [-0.25, -0.2) is 4.79 Å². The van der Waals surface area contributed by atoms with E-state index in [1.807, 2.05) is 49.4 Å². The van der Waals surface area contributed by atoms with Crippen molar-refractivity contribution in [3.8, 4) is 11.5 Å². The highest BCUT2D eigenvalue weighted by atomic mass is 28.3. The molecule has 132 valence electrons. The number of nitrogen functional groups attached to an aromatic ring is 1. The molecular formula is C22H23NO2Si. The van der Waals surface area contributed by atoms with Crippen LogP contribution in [0.5, 0.6) is 0 Å². The van der Waals surface area contributed by atoms with Crippen LogP contribution in [0.15, 0.2) is 51.7 Å². The van der Waals surface area contributed by atoms with Crippen molar-refractivity contribution in [2.75, 3.05) is 5.73 Å². The van der Waals surface area contributed by atoms with E-state index in [0.717, 1.165) is 22.1 Å². The lowest BCUT2D eigenvalue weighted by molar-refractivity contribution is 0.551. The van der Waals surface area contributed by atoms with Gasteiger partial charge >= 0.3 is 5.63 Å². The largest absolute Gasteiger partial charge is 0.423 e. The number of rotatable bonds is 2. The Morgan fingerprint density at radius 3 is 2.58 bits per heavy atom. The molecule has 0 radical (unpaired) electrons. The molecule has 0 aliphatic carbocycles. The zero-order chi connectivity index (χ0) is 18.9. The van der Waals surface area contributed by atoms with Gasteiger partial charge < -0.3 is 10.2 Å². The molecule has 0 bridgehead atoms. The number of fused-ring (bicyclic) bond motifs is 1. The maximum Gasteiger partial charge on any atom is 0.340 e. The van der Waals surface area contributed by atoms with Gasteiger partial charge in [0.2, 0.25) is 0 Å². The minimum atomic E-state index is -1.44. The lowest BCUT2D eigenvalue weighted by atomic mass is 9.98. The first-order valence-electron chi connectivity index (χ1n) is 8.67. The van der Waals surface area contributed by atoms with Crippen LogP contribution in [-0.4, -0.2) is 8.07 Å². The predicted octanol–water partition coefficient (Wildman–Crippen LogP) is 4.50. The van der Waals surface area contributed by atoms with Gasteiger partial charge in [-0.3, -0.25) is 0 Å². The topological polar surface area (TPSA) is 56.2 Å². The second-order valence-corrected chi connectivity index (χ2v) is 12.4. The molecule has 3 nitrogen and oxygen atoms in total. The van der Waals surface area contributed by atoms with Gasteiger partial charge in [0, 0.05) is 28.6 Å². The molecule has 0 unspecified atom stereocenters. The fourth-order valence-electron chi connectivity index (χ4n) is 2.84. The minimum Gasteiger partial charge on any atom is -0.423 e. The van der Waals surface area contributed by atoms with Crippen LogP contribution in [0.4, 0.5) is 5.69 Å². The molecule has 3 rings (SSSR count). The first-order chi connectivity index (χ1) is 12.2. The van der Waals surface area contributed by atoms with Crippen LogP contribution in [-0.2, 0) is 6.42 Å². The second kappa shape index (κ2) is 6.85. The van der Waals surface area contributed by atoms with Crippen molar-refractivity contribution in [3.63, 3.8) is 0 Å². The lowest BCUT2D eigenvalue weighted by Gasteiger charge is -2.09. The SMILES string of the molecule is Cc1c(Cc2cccc(N)c2)c(=O)oc2ccc(C#C[Si](C)(C)C)cc12. The van der Waals surface area contributed by atoms with Crippen molar-refractivity contribution in [2.45, 2.75) is 33.0 Å². The predicted molar refractivity (Wildman–Crippen MR) is 111 cm³/mol. The Bertz CT molecular complexity index is 1100. The van der Waals surface area contributed by atoms with Gasteiger partial charge in [0.1, 0.15) is 13.7 Å². The molecule has 0 saturated carbocycles. The van der Waals surface area contributed by atoms with Crippen LogP contribution in [0.3, 0.4) is 0 Å². The van der Waals surface area contributed by atoms with Crippen LogP contribution in [0, 0.1) is 18.4 Å². The van der Waals surface area contributed by atoms with E-state index in [1.54, 1.807) is 0 Å². The molecular weight excluding hydrogens is 338 g/mol. The van der Waals surface area contributed by atoms with Gasteiger partial charge in [-0.1, -0.05) is 37.7 Å². The van der Waals surface area contributed by atoms with Crippen LogP contribution < -0.4 is 11.4 Å². The molecule has 0 atom stereocenters. The fraction of sp³-hybridized carbons (Fsp3) is 0.227. The Kier molecular flexibility index (Phi) is 4.75. The summed E-state index contributed by atoms with van der Waals surface area (Å²) in [5, 5.41) is 0.936. The van der Waals surface area contributed by atoms with Gasteiger partial charge in [0.25, 0.3) is 0 Å². The Labute approximate surface area is 154 Å². The molecule has 3 aromatic rings. The van der Waals surface area contributed by atoms with E-state index >= 15 is 0 Å². The van der Waals surface area contributed by atoms with Gasteiger partial charge in [-0.05, 0) is 48.4 Å². The first kappa shape index (κ1) is 18.0. The lowest BCUT2D eigenvalue weighted by Crippen LogP contribution is -2.16. The highest BCUT2D eigenvalue weighted by molar-refractivity contribution is 6.83. The summed E-state index contributed by atoms with van der Waals surface area (Å²) in [5.41, 5.74) is 13.8. The van der Waals surface area contributed by atoms with Crippen molar-refractivity contribution >= 4 is 24.7 Å². The standard InChI is InChI=1S/C22H23NO2Si/c1-15-19-13-16(10-11-26(2,3)4)8-9-21(19)25-22(24)20(15)14-17-6-5-7-18(23)12-17/h5-9,12-13H,14,23H2,1-4H3.